The number of unbranched alkanes of at least 4 members (excludes halogenated alkanes) is 1. The average Bonchev–Trinajstić information content (AvgIpc) is 2.64. The molecule has 1 unspecified atom stereocenters. The van der Waals surface area contributed by atoms with Gasteiger partial charge in [0, 0.05) is 12.6 Å². The van der Waals surface area contributed by atoms with Crippen LogP contribution in [-0.2, 0) is 0 Å². The van der Waals surface area contributed by atoms with Gasteiger partial charge in [0.05, 0.1) is 0 Å². The van der Waals surface area contributed by atoms with Crippen LogP contribution in [0.3, 0.4) is 0 Å². The Morgan fingerprint density at radius 3 is 2.71 bits per heavy atom. The molecule has 0 saturated heterocycles. The van der Waals surface area contributed by atoms with Gasteiger partial charge >= 0.3 is 0 Å². The molecule has 14 heavy (non-hydrogen) atoms. The first-order valence-corrected chi connectivity index (χ1v) is 5.99. The molecular weight excluding hydrogens is 194 g/mol. The summed E-state index contributed by atoms with van der Waals surface area (Å²) in [6, 6.07) is 2.70. The Bertz CT molecular complexity index is 233. The van der Waals surface area contributed by atoms with Crippen LogP contribution in [0.5, 0.6) is 0 Å². The zero-order valence-electron chi connectivity index (χ0n) is 8.94. The molecule has 3 heteroatoms. The van der Waals surface area contributed by atoms with Crippen LogP contribution in [-0.4, -0.2) is 30.7 Å². The highest BCUT2D eigenvalue weighted by Gasteiger charge is 2.13. The van der Waals surface area contributed by atoms with Crippen molar-refractivity contribution in [2.75, 3.05) is 20.7 Å². The summed E-state index contributed by atoms with van der Waals surface area (Å²) in [4.78, 5) is 2.25. The summed E-state index contributed by atoms with van der Waals surface area (Å²) in [7, 11) is 4.22. The van der Waals surface area contributed by atoms with Crippen LogP contribution in [0.25, 0.3) is 0 Å². The summed E-state index contributed by atoms with van der Waals surface area (Å²) in [6.45, 7) is 0.309. The second-order valence-electron chi connectivity index (χ2n) is 3.76. The van der Waals surface area contributed by atoms with E-state index in [9.17, 15) is 0 Å². The van der Waals surface area contributed by atoms with E-state index in [1.807, 2.05) is 0 Å². The molecule has 0 aliphatic carbocycles. The molecular formula is C11H19NOS. The molecule has 1 rings (SSSR count). The molecule has 0 amide bonds. The van der Waals surface area contributed by atoms with Crippen molar-refractivity contribution < 1.29 is 5.11 Å². The van der Waals surface area contributed by atoms with Gasteiger partial charge in [0.2, 0.25) is 0 Å². The monoisotopic (exact) mass is 213 g/mol. The number of hydrogen-bond donors (Lipinski definition) is 1. The van der Waals surface area contributed by atoms with Crippen LogP contribution in [0.1, 0.15) is 30.9 Å². The van der Waals surface area contributed by atoms with Gasteiger partial charge in [-0.25, -0.2) is 0 Å². The summed E-state index contributed by atoms with van der Waals surface area (Å²) in [6.07, 6.45) is 3.13. The van der Waals surface area contributed by atoms with Crippen LogP contribution >= 0.6 is 11.3 Å². The molecule has 80 valence electrons. The van der Waals surface area contributed by atoms with E-state index in [0.29, 0.717) is 12.6 Å². The third-order valence-electron chi connectivity index (χ3n) is 2.44. The molecule has 0 aromatic carbocycles. The number of aliphatic hydroxyl groups excluding tert-OH is 1. The maximum absolute atomic E-state index is 8.74. The van der Waals surface area contributed by atoms with Gasteiger partial charge in [-0.1, -0.05) is 0 Å². The molecule has 0 radical (unpaired) electrons. The van der Waals surface area contributed by atoms with Gasteiger partial charge in [-0.3, -0.25) is 0 Å². The van der Waals surface area contributed by atoms with E-state index in [0.717, 1.165) is 19.3 Å². The fraction of sp³-hybridized carbons (Fsp3) is 0.636. The quantitative estimate of drug-likeness (QED) is 0.734. The second kappa shape index (κ2) is 6.17. The highest BCUT2D eigenvalue weighted by atomic mass is 32.1. The van der Waals surface area contributed by atoms with Gasteiger partial charge in [0.15, 0.2) is 0 Å². The summed E-state index contributed by atoms with van der Waals surface area (Å²) < 4.78 is 0. The van der Waals surface area contributed by atoms with E-state index < -0.39 is 0 Å². The van der Waals surface area contributed by atoms with E-state index in [4.69, 9.17) is 5.11 Å². The maximum Gasteiger partial charge on any atom is 0.0431 e. The van der Waals surface area contributed by atoms with Crippen LogP contribution in [0.2, 0.25) is 0 Å². The van der Waals surface area contributed by atoms with Crippen LogP contribution in [0.4, 0.5) is 0 Å². The molecule has 0 bridgehead atoms. The minimum Gasteiger partial charge on any atom is -0.396 e. The lowest BCUT2D eigenvalue weighted by Gasteiger charge is -2.23. The highest BCUT2D eigenvalue weighted by molar-refractivity contribution is 7.07. The van der Waals surface area contributed by atoms with Gasteiger partial charge in [0.1, 0.15) is 0 Å². The van der Waals surface area contributed by atoms with Crippen molar-refractivity contribution in [2.24, 2.45) is 0 Å². The number of thiophene rings is 1. The Morgan fingerprint density at radius 1 is 1.43 bits per heavy atom. The van der Waals surface area contributed by atoms with Gasteiger partial charge in [0.25, 0.3) is 0 Å². The highest BCUT2D eigenvalue weighted by Crippen LogP contribution is 2.25. The molecule has 0 fully saturated rings. The van der Waals surface area contributed by atoms with Crippen molar-refractivity contribution >= 4 is 11.3 Å². The SMILES string of the molecule is CN(C)C(CCCCO)c1ccsc1. The number of nitrogens with zero attached hydrogens (tertiary/aromatic N) is 1. The second-order valence-corrected chi connectivity index (χ2v) is 4.54. The van der Waals surface area contributed by atoms with Crippen molar-refractivity contribution in [2.45, 2.75) is 25.3 Å². The molecule has 1 atom stereocenters. The van der Waals surface area contributed by atoms with Crippen molar-refractivity contribution in [3.05, 3.63) is 22.4 Å². The van der Waals surface area contributed by atoms with E-state index >= 15 is 0 Å². The Kier molecular flexibility index (Phi) is 5.15. The maximum atomic E-state index is 8.74. The molecule has 1 aromatic rings. The molecule has 2 nitrogen and oxygen atoms in total. The van der Waals surface area contributed by atoms with Crippen LogP contribution < -0.4 is 0 Å². The minimum absolute atomic E-state index is 0.309. The lowest BCUT2D eigenvalue weighted by molar-refractivity contribution is 0.251. The lowest BCUT2D eigenvalue weighted by atomic mass is 10.0. The van der Waals surface area contributed by atoms with Gasteiger partial charge < -0.3 is 10.0 Å². The van der Waals surface area contributed by atoms with Gasteiger partial charge in [-0.15, -0.1) is 0 Å². The van der Waals surface area contributed by atoms with Crippen molar-refractivity contribution in [3.63, 3.8) is 0 Å². The first-order chi connectivity index (χ1) is 6.75. The van der Waals surface area contributed by atoms with Crippen molar-refractivity contribution in [1.29, 1.82) is 0 Å². The molecule has 0 aliphatic heterocycles. The molecule has 0 spiro atoms. The average molecular weight is 213 g/mol. The first-order valence-electron chi connectivity index (χ1n) is 5.05. The first kappa shape index (κ1) is 11.7. The van der Waals surface area contributed by atoms with Crippen molar-refractivity contribution in [3.8, 4) is 0 Å². The minimum atomic E-state index is 0.309. The summed E-state index contributed by atoms with van der Waals surface area (Å²) >= 11 is 1.75. The Hall–Kier alpha value is -0.380. The third-order valence-corrected chi connectivity index (χ3v) is 3.14. The van der Waals surface area contributed by atoms with Gasteiger partial charge in [-0.2, -0.15) is 11.3 Å². The lowest BCUT2D eigenvalue weighted by Crippen LogP contribution is -2.19. The van der Waals surface area contributed by atoms with Crippen LogP contribution in [0.15, 0.2) is 16.8 Å². The largest absolute Gasteiger partial charge is 0.396 e. The van der Waals surface area contributed by atoms with E-state index in [1.165, 1.54) is 5.56 Å². The normalized spacial score (nSPS) is 13.4. The predicted molar refractivity (Wildman–Crippen MR) is 61.7 cm³/mol. The smallest absolute Gasteiger partial charge is 0.0431 e. The Morgan fingerprint density at radius 2 is 2.21 bits per heavy atom. The van der Waals surface area contributed by atoms with Crippen molar-refractivity contribution in [1.82, 2.24) is 4.90 Å². The number of hydrogen-bond acceptors (Lipinski definition) is 3. The van der Waals surface area contributed by atoms with E-state index in [-0.39, 0.29) is 0 Å². The fourth-order valence-corrected chi connectivity index (χ4v) is 2.34. The van der Waals surface area contributed by atoms with Gasteiger partial charge in [-0.05, 0) is 55.7 Å². The number of aliphatic hydroxyl groups is 1. The zero-order chi connectivity index (χ0) is 10.4. The zero-order valence-corrected chi connectivity index (χ0v) is 9.76. The summed E-state index contributed by atoms with van der Waals surface area (Å²) in [5.74, 6) is 0. The molecule has 1 heterocycles. The van der Waals surface area contributed by atoms with Crippen LogP contribution in [0, 0.1) is 0 Å². The Labute approximate surface area is 90.2 Å². The van der Waals surface area contributed by atoms with E-state index in [2.05, 4.69) is 35.8 Å². The number of rotatable bonds is 6. The standard InChI is InChI=1S/C11H19NOS/c1-12(2)11(5-3-4-7-13)10-6-8-14-9-10/h6,8-9,11,13H,3-5,7H2,1-2H3. The summed E-state index contributed by atoms with van der Waals surface area (Å²) in [5, 5.41) is 13.1. The van der Waals surface area contributed by atoms with E-state index in [1.54, 1.807) is 11.3 Å². The topological polar surface area (TPSA) is 23.5 Å². The Balaban J connectivity index is 2.48. The fourth-order valence-electron chi connectivity index (χ4n) is 1.64. The molecule has 1 N–H and O–H groups in total. The molecule has 0 aliphatic rings. The summed E-state index contributed by atoms with van der Waals surface area (Å²) in [5.41, 5.74) is 1.40. The molecule has 0 saturated carbocycles. The third kappa shape index (κ3) is 3.40. The molecule has 1 aromatic heterocycles. The predicted octanol–water partition coefficient (Wildman–Crippen LogP) is 2.51.